The Hall–Kier alpha value is -0.770. The van der Waals surface area contributed by atoms with Gasteiger partial charge in [-0.05, 0) is 58.4 Å². The Morgan fingerprint density at radius 3 is 2.35 bits per heavy atom. The summed E-state index contributed by atoms with van der Waals surface area (Å²) in [6, 6.07) is 0. The van der Waals surface area contributed by atoms with Crippen LogP contribution in [0.15, 0.2) is 4.99 Å². The fraction of sp³-hybridized carbons (Fsp3) is 0.938. The first-order valence-corrected chi connectivity index (χ1v) is 8.06. The van der Waals surface area contributed by atoms with E-state index in [1.54, 1.807) is 0 Å². The third-order valence-electron chi connectivity index (χ3n) is 3.61. The van der Waals surface area contributed by atoms with Crippen molar-refractivity contribution in [2.24, 2.45) is 22.6 Å². The summed E-state index contributed by atoms with van der Waals surface area (Å²) in [7, 11) is 0. The second-order valence-electron chi connectivity index (χ2n) is 7.55. The Bertz CT molecular complexity index is 296. The molecule has 1 heterocycles. The zero-order valence-electron chi connectivity index (χ0n) is 14.1. The highest BCUT2D eigenvalue weighted by atomic mass is 15.1. The fourth-order valence-electron chi connectivity index (χ4n) is 3.05. The molecule has 2 unspecified atom stereocenters. The van der Waals surface area contributed by atoms with Crippen LogP contribution in [0.2, 0.25) is 0 Å². The first-order valence-electron chi connectivity index (χ1n) is 8.06. The summed E-state index contributed by atoms with van der Waals surface area (Å²) in [4.78, 5) is 7.00. The molecule has 0 spiro atoms. The Morgan fingerprint density at radius 1 is 1.20 bits per heavy atom. The first-order chi connectivity index (χ1) is 9.26. The van der Waals surface area contributed by atoms with Crippen molar-refractivity contribution in [2.75, 3.05) is 26.2 Å². The van der Waals surface area contributed by atoms with E-state index in [0.29, 0.717) is 5.96 Å². The molecule has 0 bridgehead atoms. The number of nitrogens with zero attached hydrogens (tertiary/aromatic N) is 2. The van der Waals surface area contributed by atoms with Crippen LogP contribution in [0, 0.1) is 11.8 Å². The lowest BCUT2D eigenvalue weighted by Gasteiger charge is -2.34. The molecule has 0 aromatic heterocycles. The van der Waals surface area contributed by atoms with Crippen LogP contribution in [0.5, 0.6) is 0 Å². The molecule has 1 saturated heterocycles. The molecular weight excluding hydrogens is 248 g/mol. The van der Waals surface area contributed by atoms with E-state index >= 15 is 0 Å². The first kappa shape index (κ1) is 17.3. The number of unbranched alkanes of at least 4 members (excludes halogenated alkanes) is 1. The SMILES string of the molecule is CC1CC(C)CN(CCCCN=C(N)NC(C)(C)C)C1. The van der Waals surface area contributed by atoms with E-state index in [1.165, 1.54) is 32.5 Å². The summed E-state index contributed by atoms with van der Waals surface area (Å²) in [6.45, 7) is 15.6. The van der Waals surface area contributed by atoms with Crippen LogP contribution >= 0.6 is 0 Å². The van der Waals surface area contributed by atoms with Crippen molar-refractivity contribution in [2.45, 2.75) is 59.4 Å². The van der Waals surface area contributed by atoms with Gasteiger partial charge in [-0.3, -0.25) is 4.99 Å². The van der Waals surface area contributed by atoms with Crippen LogP contribution < -0.4 is 11.1 Å². The lowest BCUT2D eigenvalue weighted by molar-refractivity contribution is 0.139. The van der Waals surface area contributed by atoms with Crippen molar-refractivity contribution in [1.82, 2.24) is 10.2 Å². The summed E-state index contributed by atoms with van der Waals surface area (Å²) in [5.74, 6) is 2.27. The van der Waals surface area contributed by atoms with Gasteiger partial charge >= 0.3 is 0 Å². The molecule has 0 amide bonds. The monoisotopic (exact) mass is 282 g/mol. The summed E-state index contributed by atoms with van der Waals surface area (Å²) in [5.41, 5.74) is 5.84. The molecule has 1 fully saturated rings. The summed E-state index contributed by atoms with van der Waals surface area (Å²) < 4.78 is 0. The van der Waals surface area contributed by atoms with Crippen molar-refractivity contribution in [3.63, 3.8) is 0 Å². The number of aliphatic imine (C=N–C) groups is 1. The molecule has 4 nitrogen and oxygen atoms in total. The smallest absolute Gasteiger partial charge is 0.188 e. The molecule has 1 aliphatic rings. The standard InChI is InChI=1S/C16H34N4/c1-13-10-14(2)12-20(11-13)9-7-6-8-18-15(17)19-16(3,4)5/h13-14H,6-12H2,1-5H3,(H3,17,18,19). The second-order valence-corrected chi connectivity index (χ2v) is 7.55. The summed E-state index contributed by atoms with van der Waals surface area (Å²) in [6.07, 6.45) is 3.72. The molecule has 118 valence electrons. The quantitative estimate of drug-likeness (QED) is 0.463. The lowest BCUT2D eigenvalue weighted by atomic mass is 9.92. The van der Waals surface area contributed by atoms with Crippen LogP contribution in [0.1, 0.15) is 53.9 Å². The molecule has 3 N–H and O–H groups in total. The molecular formula is C16H34N4. The number of hydrogen-bond acceptors (Lipinski definition) is 2. The molecule has 0 aliphatic carbocycles. The maximum absolute atomic E-state index is 5.85. The topological polar surface area (TPSA) is 53.6 Å². The largest absolute Gasteiger partial charge is 0.370 e. The van der Waals surface area contributed by atoms with E-state index in [2.05, 4.69) is 49.8 Å². The van der Waals surface area contributed by atoms with E-state index in [0.717, 1.165) is 24.8 Å². The fourth-order valence-corrected chi connectivity index (χ4v) is 3.05. The molecule has 4 heteroatoms. The average Bonchev–Trinajstić information content (AvgIpc) is 2.24. The minimum atomic E-state index is -0.00629. The summed E-state index contributed by atoms with van der Waals surface area (Å²) in [5, 5.41) is 3.19. The van der Waals surface area contributed by atoms with Crippen LogP contribution in [0.4, 0.5) is 0 Å². The predicted molar refractivity (Wildman–Crippen MR) is 88.0 cm³/mol. The number of piperidine rings is 1. The Labute approximate surface area is 125 Å². The van der Waals surface area contributed by atoms with E-state index < -0.39 is 0 Å². The van der Waals surface area contributed by atoms with Gasteiger partial charge in [-0.25, -0.2) is 0 Å². The van der Waals surface area contributed by atoms with Crippen LogP contribution in [0.3, 0.4) is 0 Å². The number of likely N-dealkylation sites (tertiary alicyclic amines) is 1. The molecule has 1 rings (SSSR count). The molecule has 1 aliphatic heterocycles. The second kappa shape index (κ2) is 7.87. The van der Waals surface area contributed by atoms with Crippen molar-refractivity contribution >= 4 is 5.96 Å². The molecule has 0 aromatic carbocycles. The Kier molecular flexibility index (Phi) is 6.80. The third kappa shape index (κ3) is 7.73. The summed E-state index contributed by atoms with van der Waals surface area (Å²) >= 11 is 0. The van der Waals surface area contributed by atoms with Gasteiger partial charge in [0.25, 0.3) is 0 Å². The van der Waals surface area contributed by atoms with Gasteiger partial charge in [-0.2, -0.15) is 0 Å². The number of hydrogen-bond donors (Lipinski definition) is 2. The number of rotatable bonds is 5. The molecule has 0 saturated carbocycles. The van der Waals surface area contributed by atoms with Gasteiger partial charge in [0.05, 0.1) is 0 Å². The van der Waals surface area contributed by atoms with Crippen molar-refractivity contribution in [1.29, 1.82) is 0 Å². The van der Waals surface area contributed by atoms with E-state index in [1.807, 2.05) is 0 Å². The van der Waals surface area contributed by atoms with Crippen molar-refractivity contribution < 1.29 is 0 Å². The number of nitrogens with one attached hydrogen (secondary N) is 1. The normalized spacial score (nSPS) is 25.8. The molecule has 0 aromatic rings. The van der Waals surface area contributed by atoms with Gasteiger partial charge in [-0.15, -0.1) is 0 Å². The van der Waals surface area contributed by atoms with Crippen molar-refractivity contribution in [3.05, 3.63) is 0 Å². The van der Waals surface area contributed by atoms with Crippen molar-refractivity contribution in [3.8, 4) is 0 Å². The highest BCUT2D eigenvalue weighted by Crippen LogP contribution is 2.20. The Balaban J connectivity index is 2.14. The Morgan fingerprint density at radius 2 is 1.80 bits per heavy atom. The van der Waals surface area contributed by atoms with E-state index in [-0.39, 0.29) is 5.54 Å². The zero-order valence-corrected chi connectivity index (χ0v) is 14.1. The van der Waals surface area contributed by atoms with E-state index in [4.69, 9.17) is 5.73 Å². The van der Waals surface area contributed by atoms with E-state index in [9.17, 15) is 0 Å². The molecule has 20 heavy (non-hydrogen) atoms. The minimum Gasteiger partial charge on any atom is -0.370 e. The number of nitrogens with two attached hydrogens (primary N) is 1. The van der Waals surface area contributed by atoms with Gasteiger partial charge in [-0.1, -0.05) is 13.8 Å². The third-order valence-corrected chi connectivity index (χ3v) is 3.61. The van der Waals surface area contributed by atoms with Gasteiger partial charge in [0.15, 0.2) is 5.96 Å². The minimum absolute atomic E-state index is 0.00629. The van der Waals surface area contributed by atoms with Crippen LogP contribution in [-0.2, 0) is 0 Å². The highest BCUT2D eigenvalue weighted by molar-refractivity contribution is 5.78. The maximum Gasteiger partial charge on any atom is 0.188 e. The number of guanidine groups is 1. The van der Waals surface area contributed by atoms with Gasteiger partial charge in [0.2, 0.25) is 0 Å². The molecule has 0 radical (unpaired) electrons. The zero-order chi connectivity index (χ0) is 15.2. The molecule has 2 atom stereocenters. The van der Waals surface area contributed by atoms with Crippen LogP contribution in [0.25, 0.3) is 0 Å². The van der Waals surface area contributed by atoms with Gasteiger partial charge in [0.1, 0.15) is 0 Å². The van der Waals surface area contributed by atoms with Crippen LogP contribution in [-0.4, -0.2) is 42.6 Å². The average molecular weight is 282 g/mol. The van der Waals surface area contributed by atoms with Gasteiger partial charge in [0, 0.05) is 25.2 Å². The predicted octanol–water partition coefficient (Wildman–Crippen LogP) is 2.45. The highest BCUT2D eigenvalue weighted by Gasteiger charge is 2.20. The lowest BCUT2D eigenvalue weighted by Crippen LogP contribution is -2.45. The maximum atomic E-state index is 5.85. The van der Waals surface area contributed by atoms with Gasteiger partial charge < -0.3 is 16.0 Å².